The molecular formula is C16H19N3O3S. The van der Waals surface area contributed by atoms with Crippen LogP contribution in [0.5, 0.6) is 5.75 Å². The highest BCUT2D eigenvalue weighted by molar-refractivity contribution is 7.16. The van der Waals surface area contributed by atoms with E-state index in [0.29, 0.717) is 16.7 Å². The van der Waals surface area contributed by atoms with Crippen LogP contribution in [0.2, 0.25) is 0 Å². The lowest BCUT2D eigenvalue weighted by molar-refractivity contribution is 0.160. The summed E-state index contributed by atoms with van der Waals surface area (Å²) in [5.74, 6) is 0.811. The summed E-state index contributed by atoms with van der Waals surface area (Å²) in [7, 11) is 1.63. The summed E-state index contributed by atoms with van der Waals surface area (Å²) in [6.45, 7) is 2.44. The van der Waals surface area contributed by atoms with Crippen LogP contribution in [0.4, 0.5) is 9.93 Å². The van der Waals surface area contributed by atoms with Gasteiger partial charge in [-0.1, -0.05) is 42.9 Å². The number of anilines is 1. The van der Waals surface area contributed by atoms with Gasteiger partial charge < -0.3 is 9.47 Å². The number of nitrogens with zero attached hydrogens (tertiary/aromatic N) is 2. The Bertz CT molecular complexity index is 653. The second-order valence-corrected chi connectivity index (χ2v) is 5.68. The molecule has 0 saturated heterocycles. The van der Waals surface area contributed by atoms with Crippen LogP contribution in [0.3, 0.4) is 0 Å². The number of nitrogens with one attached hydrogen (secondary N) is 1. The smallest absolute Gasteiger partial charge is 0.413 e. The third-order valence-corrected chi connectivity index (χ3v) is 3.72. The average molecular weight is 333 g/mol. The number of carbonyl (C=O) groups is 1. The molecule has 1 heterocycles. The molecule has 7 heteroatoms. The summed E-state index contributed by atoms with van der Waals surface area (Å²) in [6.07, 6.45) is 5.09. The number of aromatic nitrogens is 2. The van der Waals surface area contributed by atoms with Crippen molar-refractivity contribution in [1.29, 1.82) is 0 Å². The molecule has 23 heavy (non-hydrogen) atoms. The van der Waals surface area contributed by atoms with Gasteiger partial charge in [0.15, 0.2) is 0 Å². The molecule has 0 radical (unpaired) electrons. The first-order chi connectivity index (χ1) is 11.2. The highest BCUT2D eigenvalue weighted by Crippen LogP contribution is 2.19. The van der Waals surface area contributed by atoms with Crippen molar-refractivity contribution >= 4 is 34.7 Å². The number of unbranched alkanes of at least 4 members (excludes halogenated alkanes) is 1. The maximum absolute atomic E-state index is 11.5. The van der Waals surface area contributed by atoms with Gasteiger partial charge in [-0.15, -0.1) is 10.2 Å². The highest BCUT2D eigenvalue weighted by atomic mass is 32.1. The Hall–Kier alpha value is -2.41. The average Bonchev–Trinajstić information content (AvgIpc) is 3.01. The predicted octanol–water partition coefficient (Wildman–Crippen LogP) is 4.07. The first kappa shape index (κ1) is 17.0. The monoisotopic (exact) mass is 333 g/mol. The molecule has 0 aliphatic carbocycles. The Morgan fingerprint density at radius 1 is 1.26 bits per heavy atom. The van der Waals surface area contributed by atoms with Crippen molar-refractivity contribution < 1.29 is 14.3 Å². The molecule has 0 spiro atoms. The van der Waals surface area contributed by atoms with Gasteiger partial charge in [0.2, 0.25) is 5.13 Å². The van der Waals surface area contributed by atoms with Crippen LogP contribution in [0.1, 0.15) is 30.3 Å². The maximum Gasteiger partial charge on any atom is 0.413 e. The van der Waals surface area contributed by atoms with Gasteiger partial charge in [-0.2, -0.15) is 0 Å². The summed E-state index contributed by atoms with van der Waals surface area (Å²) in [5, 5.41) is 11.6. The van der Waals surface area contributed by atoms with E-state index in [2.05, 4.69) is 15.5 Å². The van der Waals surface area contributed by atoms with Gasteiger partial charge in [-0.25, -0.2) is 4.79 Å². The fourth-order valence-electron chi connectivity index (χ4n) is 1.67. The lowest BCUT2D eigenvalue weighted by Gasteiger charge is -2.02. The molecule has 6 nitrogen and oxygen atoms in total. The Labute approximate surface area is 139 Å². The van der Waals surface area contributed by atoms with E-state index in [1.807, 2.05) is 43.3 Å². The molecule has 0 bridgehead atoms. The van der Waals surface area contributed by atoms with E-state index in [1.165, 1.54) is 11.3 Å². The van der Waals surface area contributed by atoms with Gasteiger partial charge in [0.1, 0.15) is 10.8 Å². The lowest BCUT2D eigenvalue weighted by atomic mass is 10.2. The van der Waals surface area contributed by atoms with Crippen molar-refractivity contribution in [2.24, 2.45) is 0 Å². The van der Waals surface area contributed by atoms with Gasteiger partial charge in [0.05, 0.1) is 13.7 Å². The van der Waals surface area contributed by atoms with E-state index in [4.69, 9.17) is 9.47 Å². The van der Waals surface area contributed by atoms with E-state index in [1.54, 1.807) is 7.11 Å². The second-order valence-electron chi connectivity index (χ2n) is 4.67. The Balaban J connectivity index is 1.88. The fraction of sp³-hybridized carbons (Fsp3) is 0.312. The molecule has 1 N–H and O–H groups in total. The molecular weight excluding hydrogens is 314 g/mol. The zero-order chi connectivity index (χ0) is 16.5. The molecule has 1 aromatic heterocycles. The van der Waals surface area contributed by atoms with Gasteiger partial charge in [0.25, 0.3) is 0 Å². The van der Waals surface area contributed by atoms with E-state index < -0.39 is 6.09 Å². The van der Waals surface area contributed by atoms with Gasteiger partial charge >= 0.3 is 6.09 Å². The highest BCUT2D eigenvalue weighted by Gasteiger charge is 2.07. The number of benzene rings is 1. The summed E-state index contributed by atoms with van der Waals surface area (Å²) >= 11 is 1.28. The predicted molar refractivity (Wildman–Crippen MR) is 91.7 cm³/mol. The number of amides is 1. The quantitative estimate of drug-likeness (QED) is 0.773. The third-order valence-electron chi connectivity index (χ3n) is 2.91. The first-order valence-corrected chi connectivity index (χ1v) is 8.12. The number of methoxy groups -OCH3 is 1. The fourth-order valence-corrected chi connectivity index (χ4v) is 2.30. The van der Waals surface area contributed by atoms with Crippen molar-refractivity contribution in [3.63, 3.8) is 0 Å². The molecule has 2 aromatic rings. The molecule has 122 valence electrons. The number of rotatable bonds is 7. The Morgan fingerprint density at radius 3 is 2.74 bits per heavy atom. The van der Waals surface area contributed by atoms with Crippen molar-refractivity contribution in [3.8, 4) is 5.75 Å². The van der Waals surface area contributed by atoms with Crippen molar-refractivity contribution in [2.75, 3.05) is 19.0 Å². The number of hydrogen-bond acceptors (Lipinski definition) is 6. The summed E-state index contributed by atoms with van der Waals surface area (Å²) < 4.78 is 10.1. The topological polar surface area (TPSA) is 73.3 Å². The second kappa shape index (κ2) is 8.89. The zero-order valence-corrected chi connectivity index (χ0v) is 13.9. The minimum atomic E-state index is -0.500. The van der Waals surface area contributed by atoms with E-state index in [0.717, 1.165) is 24.2 Å². The summed E-state index contributed by atoms with van der Waals surface area (Å²) in [5.41, 5.74) is 1.02. The van der Waals surface area contributed by atoms with Crippen LogP contribution in [0.25, 0.3) is 12.2 Å². The molecule has 0 atom stereocenters. The van der Waals surface area contributed by atoms with Crippen LogP contribution >= 0.6 is 11.3 Å². The zero-order valence-electron chi connectivity index (χ0n) is 13.1. The minimum absolute atomic E-state index is 0.408. The first-order valence-electron chi connectivity index (χ1n) is 7.30. The molecule has 2 rings (SSSR count). The number of ether oxygens (including phenoxy) is 2. The number of hydrogen-bond donors (Lipinski definition) is 1. The normalized spacial score (nSPS) is 10.7. The maximum atomic E-state index is 11.5. The lowest BCUT2D eigenvalue weighted by Crippen LogP contribution is -2.14. The molecule has 0 fully saturated rings. The van der Waals surface area contributed by atoms with Crippen LogP contribution in [-0.4, -0.2) is 30.0 Å². The minimum Gasteiger partial charge on any atom is -0.497 e. The number of carbonyl (C=O) groups excluding carboxylic acids is 1. The SMILES string of the molecule is CCCCOC(=O)Nc1nnc(/C=C/c2ccc(OC)cc2)s1. The molecule has 0 aliphatic rings. The summed E-state index contributed by atoms with van der Waals surface area (Å²) in [4.78, 5) is 11.5. The van der Waals surface area contributed by atoms with E-state index in [9.17, 15) is 4.79 Å². The van der Waals surface area contributed by atoms with Gasteiger partial charge in [0, 0.05) is 0 Å². The van der Waals surface area contributed by atoms with Crippen LogP contribution in [-0.2, 0) is 4.74 Å². The van der Waals surface area contributed by atoms with Crippen molar-refractivity contribution in [3.05, 3.63) is 34.8 Å². The van der Waals surface area contributed by atoms with Crippen molar-refractivity contribution in [1.82, 2.24) is 10.2 Å². The molecule has 0 unspecified atom stereocenters. The van der Waals surface area contributed by atoms with E-state index in [-0.39, 0.29) is 0 Å². The summed E-state index contributed by atoms with van der Waals surface area (Å²) in [6, 6.07) is 7.67. The van der Waals surface area contributed by atoms with Gasteiger partial charge in [-0.05, 0) is 30.2 Å². The van der Waals surface area contributed by atoms with Gasteiger partial charge in [-0.3, -0.25) is 5.32 Å². The third kappa shape index (κ3) is 5.71. The van der Waals surface area contributed by atoms with Crippen LogP contribution in [0, 0.1) is 0 Å². The van der Waals surface area contributed by atoms with Crippen LogP contribution < -0.4 is 10.1 Å². The molecule has 1 aromatic carbocycles. The largest absolute Gasteiger partial charge is 0.497 e. The van der Waals surface area contributed by atoms with E-state index >= 15 is 0 Å². The molecule has 1 amide bonds. The Kier molecular flexibility index (Phi) is 6.56. The Morgan fingerprint density at radius 2 is 2.04 bits per heavy atom. The standard InChI is InChI=1S/C16H19N3O3S/c1-3-4-11-22-16(20)17-15-19-18-14(23-15)10-7-12-5-8-13(21-2)9-6-12/h5-10H,3-4,11H2,1-2H3,(H,17,19,20)/b10-7+. The van der Waals surface area contributed by atoms with Crippen LogP contribution in [0.15, 0.2) is 24.3 Å². The molecule has 0 aliphatic heterocycles. The molecule has 0 saturated carbocycles. The van der Waals surface area contributed by atoms with Crippen molar-refractivity contribution in [2.45, 2.75) is 19.8 Å².